The molecule has 2 rings (SSSR count). The van der Waals surface area contributed by atoms with Crippen LogP contribution in [-0.2, 0) is 11.2 Å². The average Bonchev–Trinajstić information content (AvgIpc) is 2.65. The Balaban J connectivity index is 2.07. The molecule has 1 aromatic rings. The Morgan fingerprint density at radius 3 is 3.00 bits per heavy atom. The van der Waals surface area contributed by atoms with Crippen molar-refractivity contribution in [1.82, 2.24) is 5.32 Å². The Labute approximate surface area is 88.2 Å². The van der Waals surface area contributed by atoms with Gasteiger partial charge in [0, 0.05) is 6.42 Å². The number of rotatable bonds is 3. The fourth-order valence-electron chi connectivity index (χ4n) is 1.66. The number of cyclic esters (lactones) is 1. The van der Waals surface area contributed by atoms with Crippen molar-refractivity contribution in [3.63, 3.8) is 0 Å². The van der Waals surface area contributed by atoms with Gasteiger partial charge in [0.05, 0.1) is 13.7 Å². The summed E-state index contributed by atoms with van der Waals surface area (Å²) in [6.07, 6.45) is 0.256. The summed E-state index contributed by atoms with van der Waals surface area (Å²) in [5, 5.41) is 2.63. The van der Waals surface area contributed by atoms with Crippen LogP contribution in [0.25, 0.3) is 0 Å². The highest BCUT2D eigenvalue weighted by atomic mass is 16.6. The van der Waals surface area contributed by atoms with Gasteiger partial charge in [0.1, 0.15) is 11.9 Å². The third-order valence-electron chi connectivity index (χ3n) is 2.39. The van der Waals surface area contributed by atoms with Crippen molar-refractivity contribution < 1.29 is 14.3 Å². The molecule has 1 N–H and O–H groups in total. The Bertz CT molecular complexity index is 365. The van der Waals surface area contributed by atoms with Crippen molar-refractivity contribution in [3.05, 3.63) is 29.8 Å². The van der Waals surface area contributed by atoms with Gasteiger partial charge in [-0.3, -0.25) is 0 Å². The minimum atomic E-state index is -0.338. The summed E-state index contributed by atoms with van der Waals surface area (Å²) in [6.45, 7) is 0.566. The molecule has 1 heterocycles. The molecule has 1 fully saturated rings. The largest absolute Gasteiger partial charge is 0.496 e. The first-order valence-electron chi connectivity index (χ1n) is 4.86. The first-order valence-corrected chi connectivity index (χ1v) is 4.86. The number of carbonyl (C=O) groups excluding carboxylic acids is 1. The lowest BCUT2D eigenvalue weighted by Crippen LogP contribution is -2.17. The van der Waals surface area contributed by atoms with E-state index in [1.807, 2.05) is 24.3 Å². The standard InChI is InChI=1S/C11H13NO3/c1-14-10-5-3-2-4-8(10)6-9-7-12-11(13)15-9/h2-5,9H,6-7H2,1H3,(H,12,13). The van der Waals surface area contributed by atoms with E-state index in [0.29, 0.717) is 13.0 Å². The molecule has 1 aliphatic heterocycles. The zero-order valence-corrected chi connectivity index (χ0v) is 8.53. The third-order valence-corrected chi connectivity index (χ3v) is 2.39. The zero-order valence-electron chi connectivity index (χ0n) is 8.53. The van der Waals surface area contributed by atoms with Gasteiger partial charge in [-0.25, -0.2) is 4.79 Å². The number of nitrogens with one attached hydrogen (secondary N) is 1. The molecule has 1 amide bonds. The second-order valence-electron chi connectivity index (χ2n) is 3.42. The molecule has 1 unspecified atom stereocenters. The second kappa shape index (κ2) is 4.21. The van der Waals surface area contributed by atoms with Crippen LogP contribution in [0, 0.1) is 0 Å². The minimum Gasteiger partial charge on any atom is -0.496 e. The van der Waals surface area contributed by atoms with E-state index < -0.39 is 0 Å². The van der Waals surface area contributed by atoms with Crippen molar-refractivity contribution in [2.45, 2.75) is 12.5 Å². The SMILES string of the molecule is COc1ccccc1CC1CNC(=O)O1. The zero-order chi connectivity index (χ0) is 10.7. The maximum Gasteiger partial charge on any atom is 0.407 e. The van der Waals surface area contributed by atoms with E-state index in [2.05, 4.69) is 5.32 Å². The highest BCUT2D eigenvalue weighted by Crippen LogP contribution is 2.20. The van der Waals surface area contributed by atoms with E-state index >= 15 is 0 Å². The van der Waals surface area contributed by atoms with Gasteiger partial charge in [-0.1, -0.05) is 18.2 Å². The van der Waals surface area contributed by atoms with Crippen LogP contribution in [0.3, 0.4) is 0 Å². The van der Waals surface area contributed by atoms with E-state index in [1.54, 1.807) is 7.11 Å². The maximum absolute atomic E-state index is 10.8. The van der Waals surface area contributed by atoms with Gasteiger partial charge in [0.15, 0.2) is 0 Å². The molecule has 0 aliphatic carbocycles. The number of hydrogen-bond acceptors (Lipinski definition) is 3. The third kappa shape index (κ3) is 2.21. The first kappa shape index (κ1) is 9.83. The van der Waals surface area contributed by atoms with Gasteiger partial charge in [-0.2, -0.15) is 0 Å². The van der Waals surface area contributed by atoms with Gasteiger partial charge in [-0.15, -0.1) is 0 Å². The van der Waals surface area contributed by atoms with Crippen molar-refractivity contribution in [2.75, 3.05) is 13.7 Å². The molecule has 1 atom stereocenters. The Morgan fingerprint density at radius 2 is 2.33 bits per heavy atom. The van der Waals surface area contributed by atoms with Crippen molar-refractivity contribution in [1.29, 1.82) is 0 Å². The summed E-state index contributed by atoms with van der Waals surface area (Å²) in [5.74, 6) is 0.834. The van der Waals surface area contributed by atoms with Gasteiger partial charge in [0.25, 0.3) is 0 Å². The fraction of sp³-hybridized carbons (Fsp3) is 0.364. The Kier molecular flexibility index (Phi) is 2.76. The molecular weight excluding hydrogens is 194 g/mol. The molecule has 4 heteroatoms. The van der Waals surface area contributed by atoms with Crippen molar-refractivity contribution in [3.8, 4) is 5.75 Å². The number of amides is 1. The van der Waals surface area contributed by atoms with Crippen LogP contribution in [0.4, 0.5) is 4.79 Å². The molecule has 0 spiro atoms. The molecule has 0 aromatic heterocycles. The molecule has 0 bridgehead atoms. The van der Waals surface area contributed by atoms with E-state index in [0.717, 1.165) is 11.3 Å². The van der Waals surface area contributed by atoms with Gasteiger partial charge in [-0.05, 0) is 11.6 Å². The van der Waals surface area contributed by atoms with Crippen LogP contribution < -0.4 is 10.1 Å². The molecule has 1 aliphatic rings. The number of hydrogen-bond donors (Lipinski definition) is 1. The summed E-state index contributed by atoms with van der Waals surface area (Å²) in [5.41, 5.74) is 1.06. The van der Waals surface area contributed by atoms with Crippen LogP contribution in [0.1, 0.15) is 5.56 Å². The van der Waals surface area contributed by atoms with E-state index in [1.165, 1.54) is 0 Å². The summed E-state index contributed by atoms with van der Waals surface area (Å²) < 4.78 is 10.3. The Hall–Kier alpha value is -1.71. The van der Waals surface area contributed by atoms with Crippen LogP contribution in [-0.4, -0.2) is 25.9 Å². The molecule has 80 valence electrons. The van der Waals surface area contributed by atoms with Crippen LogP contribution in [0.2, 0.25) is 0 Å². The monoisotopic (exact) mass is 207 g/mol. The first-order chi connectivity index (χ1) is 7.29. The summed E-state index contributed by atoms with van der Waals surface area (Å²) >= 11 is 0. The molecule has 1 aromatic carbocycles. The smallest absolute Gasteiger partial charge is 0.407 e. The van der Waals surface area contributed by atoms with E-state index in [9.17, 15) is 4.79 Å². The number of ether oxygens (including phenoxy) is 2. The van der Waals surface area contributed by atoms with Gasteiger partial charge < -0.3 is 14.8 Å². The molecule has 1 saturated heterocycles. The highest BCUT2D eigenvalue weighted by Gasteiger charge is 2.23. The molecule has 4 nitrogen and oxygen atoms in total. The lowest BCUT2D eigenvalue weighted by atomic mass is 10.1. The second-order valence-corrected chi connectivity index (χ2v) is 3.42. The molecule has 0 radical (unpaired) electrons. The molecule has 15 heavy (non-hydrogen) atoms. The fourth-order valence-corrected chi connectivity index (χ4v) is 1.66. The summed E-state index contributed by atoms with van der Waals surface area (Å²) in [6, 6.07) is 7.74. The Morgan fingerprint density at radius 1 is 1.53 bits per heavy atom. The van der Waals surface area contributed by atoms with E-state index in [4.69, 9.17) is 9.47 Å². The topological polar surface area (TPSA) is 47.6 Å². The lowest BCUT2D eigenvalue weighted by molar-refractivity contribution is 0.140. The van der Waals surface area contributed by atoms with Crippen LogP contribution in [0.15, 0.2) is 24.3 Å². The lowest BCUT2D eigenvalue weighted by Gasteiger charge is -2.11. The predicted octanol–water partition coefficient (Wildman–Crippen LogP) is 1.35. The van der Waals surface area contributed by atoms with Crippen molar-refractivity contribution in [2.24, 2.45) is 0 Å². The van der Waals surface area contributed by atoms with Crippen LogP contribution in [0.5, 0.6) is 5.75 Å². The minimum absolute atomic E-state index is 0.0891. The number of para-hydroxylation sites is 1. The number of methoxy groups -OCH3 is 1. The maximum atomic E-state index is 10.8. The van der Waals surface area contributed by atoms with Crippen LogP contribution >= 0.6 is 0 Å². The van der Waals surface area contributed by atoms with Gasteiger partial charge in [0.2, 0.25) is 0 Å². The quantitative estimate of drug-likeness (QED) is 0.813. The number of benzene rings is 1. The molecule has 0 saturated carbocycles. The predicted molar refractivity (Wildman–Crippen MR) is 55.0 cm³/mol. The number of carbonyl (C=O) groups is 1. The number of alkyl carbamates (subject to hydrolysis) is 1. The highest BCUT2D eigenvalue weighted by molar-refractivity contribution is 5.69. The van der Waals surface area contributed by atoms with Gasteiger partial charge >= 0.3 is 6.09 Å². The normalized spacial score (nSPS) is 19.5. The van der Waals surface area contributed by atoms with E-state index in [-0.39, 0.29) is 12.2 Å². The average molecular weight is 207 g/mol. The summed E-state index contributed by atoms with van der Waals surface area (Å²) in [7, 11) is 1.64. The summed E-state index contributed by atoms with van der Waals surface area (Å²) in [4.78, 5) is 10.8. The van der Waals surface area contributed by atoms with Crippen molar-refractivity contribution >= 4 is 6.09 Å². The molecular formula is C11H13NO3.